The minimum atomic E-state index is -1.35. The van der Waals surface area contributed by atoms with Crippen LogP contribution in [0, 0.1) is 0 Å². The van der Waals surface area contributed by atoms with E-state index >= 15 is 0 Å². The predicted molar refractivity (Wildman–Crippen MR) is 61.1 cm³/mol. The molecule has 1 amide bonds. The number of nitrogens with two attached hydrogens (primary N) is 1. The number of benzene rings is 1. The number of rotatable bonds is 3. The largest absolute Gasteiger partial charge is 0.477 e. The van der Waals surface area contributed by atoms with Crippen molar-refractivity contribution in [2.24, 2.45) is 0 Å². The van der Waals surface area contributed by atoms with Crippen molar-refractivity contribution in [1.82, 2.24) is 0 Å². The molecule has 0 bridgehead atoms. The van der Waals surface area contributed by atoms with Crippen LogP contribution in [0.15, 0.2) is 35.4 Å². The SMILES string of the molecule is Nc1ccc(NC(=O)C=C(Cl)C(=O)O)cc1. The van der Waals surface area contributed by atoms with Gasteiger partial charge in [-0.1, -0.05) is 11.6 Å². The number of hydrogen-bond donors (Lipinski definition) is 3. The van der Waals surface area contributed by atoms with Crippen LogP contribution in [0.25, 0.3) is 0 Å². The van der Waals surface area contributed by atoms with Gasteiger partial charge in [0.05, 0.1) is 0 Å². The van der Waals surface area contributed by atoms with Gasteiger partial charge in [-0.25, -0.2) is 4.79 Å². The number of carboxylic acid groups (broad SMARTS) is 1. The topological polar surface area (TPSA) is 92.4 Å². The predicted octanol–water partition coefficient (Wildman–Crippen LogP) is 1.41. The minimum Gasteiger partial charge on any atom is -0.477 e. The molecule has 5 nitrogen and oxygen atoms in total. The highest BCUT2D eigenvalue weighted by atomic mass is 35.5. The van der Waals surface area contributed by atoms with Gasteiger partial charge in [0.25, 0.3) is 0 Å². The number of carbonyl (C=O) groups excluding carboxylic acids is 1. The van der Waals surface area contributed by atoms with Gasteiger partial charge in [-0.2, -0.15) is 0 Å². The lowest BCUT2D eigenvalue weighted by Crippen LogP contribution is -2.10. The molecule has 0 aliphatic rings. The third-order valence-electron chi connectivity index (χ3n) is 1.64. The summed E-state index contributed by atoms with van der Waals surface area (Å²) in [5, 5.41) is 10.3. The molecule has 0 radical (unpaired) electrons. The number of carboxylic acids is 1. The molecule has 1 aromatic carbocycles. The second-order valence-electron chi connectivity index (χ2n) is 2.91. The molecule has 16 heavy (non-hydrogen) atoms. The molecule has 0 fully saturated rings. The number of hydrogen-bond acceptors (Lipinski definition) is 3. The van der Waals surface area contributed by atoms with Gasteiger partial charge in [0.2, 0.25) is 5.91 Å². The van der Waals surface area contributed by atoms with E-state index in [9.17, 15) is 9.59 Å². The standard InChI is InChI=1S/C10H9ClN2O3/c11-8(10(15)16)5-9(14)13-7-3-1-6(12)2-4-7/h1-5H,12H2,(H,13,14)(H,15,16). The van der Waals surface area contributed by atoms with Crippen molar-refractivity contribution in [2.45, 2.75) is 0 Å². The third-order valence-corrected chi connectivity index (χ3v) is 1.91. The van der Waals surface area contributed by atoms with Gasteiger partial charge in [0.15, 0.2) is 0 Å². The summed E-state index contributed by atoms with van der Waals surface area (Å²) in [6.45, 7) is 0. The van der Waals surface area contributed by atoms with Gasteiger partial charge < -0.3 is 16.2 Å². The summed E-state index contributed by atoms with van der Waals surface area (Å²) in [6, 6.07) is 6.40. The van der Waals surface area contributed by atoms with E-state index in [-0.39, 0.29) is 0 Å². The van der Waals surface area contributed by atoms with Gasteiger partial charge in [0.1, 0.15) is 5.03 Å². The zero-order valence-electron chi connectivity index (χ0n) is 8.11. The van der Waals surface area contributed by atoms with Crippen LogP contribution < -0.4 is 11.1 Å². The third kappa shape index (κ3) is 3.62. The normalized spacial score (nSPS) is 10.9. The first-order valence-corrected chi connectivity index (χ1v) is 4.64. The van der Waals surface area contributed by atoms with Crippen LogP contribution >= 0.6 is 11.6 Å². The van der Waals surface area contributed by atoms with Gasteiger partial charge in [-0.05, 0) is 24.3 Å². The monoisotopic (exact) mass is 240 g/mol. The molecular weight excluding hydrogens is 232 g/mol. The second-order valence-corrected chi connectivity index (χ2v) is 3.32. The Hall–Kier alpha value is -2.01. The molecule has 0 aliphatic heterocycles. The number of nitrogen functional groups attached to an aromatic ring is 1. The molecule has 0 aromatic heterocycles. The van der Waals surface area contributed by atoms with E-state index in [0.29, 0.717) is 11.4 Å². The Morgan fingerprint density at radius 2 is 1.88 bits per heavy atom. The van der Waals surface area contributed by atoms with E-state index < -0.39 is 16.9 Å². The maximum Gasteiger partial charge on any atom is 0.347 e. The maximum absolute atomic E-state index is 11.2. The first kappa shape index (κ1) is 12.1. The Kier molecular flexibility index (Phi) is 3.90. The van der Waals surface area contributed by atoms with Gasteiger partial charge >= 0.3 is 5.97 Å². The summed E-state index contributed by atoms with van der Waals surface area (Å²) in [4.78, 5) is 21.6. The first-order chi connectivity index (χ1) is 7.49. The van der Waals surface area contributed by atoms with E-state index in [1.54, 1.807) is 24.3 Å². The summed E-state index contributed by atoms with van der Waals surface area (Å²) in [5.74, 6) is -1.97. The van der Waals surface area contributed by atoms with Crippen LogP contribution in [-0.4, -0.2) is 17.0 Å². The Labute approximate surface area is 96.5 Å². The summed E-state index contributed by atoms with van der Waals surface area (Å²) in [7, 11) is 0. The van der Waals surface area contributed by atoms with Crippen LogP contribution in [0.3, 0.4) is 0 Å². The average molecular weight is 241 g/mol. The highest BCUT2D eigenvalue weighted by Crippen LogP contribution is 2.11. The van der Waals surface area contributed by atoms with E-state index in [1.165, 1.54) is 0 Å². The smallest absolute Gasteiger partial charge is 0.347 e. The Balaban J connectivity index is 2.68. The van der Waals surface area contributed by atoms with Crippen LogP contribution in [0.2, 0.25) is 0 Å². The van der Waals surface area contributed by atoms with E-state index in [4.69, 9.17) is 22.4 Å². The van der Waals surface area contributed by atoms with Crippen molar-refractivity contribution >= 4 is 34.9 Å². The maximum atomic E-state index is 11.2. The number of anilines is 2. The zero-order chi connectivity index (χ0) is 12.1. The Morgan fingerprint density at radius 1 is 1.31 bits per heavy atom. The molecule has 6 heteroatoms. The van der Waals surface area contributed by atoms with Crippen molar-refractivity contribution in [2.75, 3.05) is 11.1 Å². The molecule has 0 spiro atoms. The van der Waals surface area contributed by atoms with E-state index in [0.717, 1.165) is 6.08 Å². The zero-order valence-corrected chi connectivity index (χ0v) is 8.86. The lowest BCUT2D eigenvalue weighted by atomic mass is 10.3. The van der Waals surface area contributed by atoms with E-state index in [1.807, 2.05) is 0 Å². The van der Waals surface area contributed by atoms with Crippen molar-refractivity contribution in [3.8, 4) is 0 Å². The molecule has 1 rings (SSSR count). The fraction of sp³-hybridized carbons (Fsp3) is 0. The molecule has 0 heterocycles. The highest BCUT2D eigenvalue weighted by molar-refractivity contribution is 6.42. The minimum absolute atomic E-state index is 0.505. The molecule has 0 atom stereocenters. The Morgan fingerprint density at radius 3 is 2.38 bits per heavy atom. The van der Waals surface area contributed by atoms with Crippen LogP contribution in [0.1, 0.15) is 0 Å². The summed E-state index contributed by atoms with van der Waals surface area (Å²) in [6.07, 6.45) is 0.792. The summed E-state index contributed by atoms with van der Waals surface area (Å²) < 4.78 is 0. The van der Waals surface area contributed by atoms with Crippen LogP contribution in [0.4, 0.5) is 11.4 Å². The highest BCUT2D eigenvalue weighted by Gasteiger charge is 2.06. The first-order valence-electron chi connectivity index (χ1n) is 4.26. The number of aliphatic carboxylic acids is 1. The van der Waals surface area contributed by atoms with Gasteiger partial charge in [-0.15, -0.1) is 0 Å². The van der Waals surface area contributed by atoms with Gasteiger partial charge in [-0.3, -0.25) is 4.79 Å². The molecular formula is C10H9ClN2O3. The van der Waals surface area contributed by atoms with E-state index in [2.05, 4.69) is 5.32 Å². The average Bonchev–Trinajstić information content (AvgIpc) is 2.21. The van der Waals surface area contributed by atoms with Crippen molar-refractivity contribution < 1.29 is 14.7 Å². The van der Waals surface area contributed by atoms with Crippen molar-refractivity contribution in [3.05, 3.63) is 35.4 Å². The quantitative estimate of drug-likeness (QED) is 0.550. The summed E-state index contributed by atoms with van der Waals surface area (Å²) in [5.41, 5.74) is 6.53. The fourth-order valence-electron chi connectivity index (χ4n) is 0.922. The lowest BCUT2D eigenvalue weighted by Gasteiger charge is -2.02. The molecule has 0 unspecified atom stereocenters. The molecule has 0 aliphatic carbocycles. The Bertz CT molecular complexity index is 440. The van der Waals surface area contributed by atoms with Gasteiger partial charge in [0, 0.05) is 17.5 Å². The van der Waals surface area contributed by atoms with Crippen LogP contribution in [0.5, 0.6) is 0 Å². The number of nitrogens with one attached hydrogen (secondary N) is 1. The number of amides is 1. The number of carbonyl (C=O) groups is 2. The van der Waals surface area contributed by atoms with Crippen LogP contribution in [-0.2, 0) is 9.59 Å². The van der Waals surface area contributed by atoms with Crippen molar-refractivity contribution in [1.29, 1.82) is 0 Å². The lowest BCUT2D eigenvalue weighted by molar-refractivity contribution is -0.132. The fourth-order valence-corrected chi connectivity index (χ4v) is 1.02. The molecule has 1 aromatic rings. The molecule has 84 valence electrons. The number of halogens is 1. The summed E-state index contributed by atoms with van der Waals surface area (Å²) >= 11 is 5.28. The van der Waals surface area contributed by atoms with Crippen molar-refractivity contribution in [3.63, 3.8) is 0 Å². The second kappa shape index (κ2) is 5.18. The molecule has 4 N–H and O–H groups in total. The molecule has 0 saturated heterocycles. The molecule has 0 saturated carbocycles.